The van der Waals surface area contributed by atoms with E-state index < -0.39 is 0 Å². The summed E-state index contributed by atoms with van der Waals surface area (Å²) < 4.78 is 10.1. The van der Waals surface area contributed by atoms with Crippen molar-refractivity contribution >= 4 is 12.4 Å². The maximum absolute atomic E-state index is 11.1. The Hall–Kier alpha value is -1.85. The van der Waals surface area contributed by atoms with Gasteiger partial charge < -0.3 is 9.47 Å². The van der Waals surface area contributed by atoms with E-state index in [1.807, 2.05) is 13.8 Å². The van der Waals surface area contributed by atoms with Crippen molar-refractivity contribution in [1.29, 1.82) is 0 Å². The minimum absolute atomic E-state index is 0.0179. The van der Waals surface area contributed by atoms with Gasteiger partial charge >= 0.3 is 0 Å². The summed E-state index contributed by atoms with van der Waals surface area (Å²) in [6.45, 7) is 3.91. The zero-order valence-electron chi connectivity index (χ0n) is 10.5. The van der Waals surface area contributed by atoms with E-state index in [0.29, 0.717) is 18.2 Å². The number of ether oxygens (including phenoxy) is 2. The Bertz CT molecular complexity index is 362. The molecule has 0 bridgehead atoms. The highest BCUT2D eigenvalue weighted by atomic mass is 16.5. The second-order valence-electron chi connectivity index (χ2n) is 3.52. The molecule has 0 saturated carbocycles. The zero-order chi connectivity index (χ0) is 12.8. The molecule has 0 saturated heterocycles. The first-order chi connectivity index (χ1) is 8.15. The van der Waals surface area contributed by atoms with E-state index in [1.165, 1.54) is 19.1 Å². The molecule has 1 amide bonds. The van der Waals surface area contributed by atoms with Gasteiger partial charge in [0.1, 0.15) is 0 Å². The molecule has 1 unspecified atom stereocenters. The van der Waals surface area contributed by atoms with Gasteiger partial charge in [0, 0.05) is 6.04 Å². The monoisotopic (exact) mass is 239 g/mol. The largest absolute Gasteiger partial charge is 0.481 e. The first kappa shape index (κ1) is 13.2. The van der Waals surface area contributed by atoms with Crippen LogP contribution in [0.2, 0.25) is 0 Å². The predicted octanol–water partition coefficient (Wildman–Crippen LogP) is 1.26. The van der Waals surface area contributed by atoms with Crippen LogP contribution in [0.25, 0.3) is 0 Å². The van der Waals surface area contributed by atoms with Crippen molar-refractivity contribution in [2.45, 2.75) is 26.3 Å². The van der Waals surface area contributed by atoms with Crippen LogP contribution in [0.1, 0.15) is 20.3 Å². The third kappa shape index (κ3) is 3.05. The molecule has 0 radical (unpaired) electrons. The van der Waals surface area contributed by atoms with Gasteiger partial charge in [-0.1, -0.05) is 6.92 Å². The summed E-state index contributed by atoms with van der Waals surface area (Å²) >= 11 is 0. The molecule has 1 rings (SSSR count). The second kappa shape index (κ2) is 6.03. The Labute approximate surface area is 101 Å². The molecule has 0 aliphatic rings. The highest BCUT2D eigenvalue weighted by molar-refractivity contribution is 5.72. The Kier molecular flexibility index (Phi) is 4.68. The Morgan fingerprint density at radius 1 is 1.35 bits per heavy atom. The molecule has 1 atom stereocenters. The smallest absolute Gasteiger partial charge is 0.238 e. The van der Waals surface area contributed by atoms with Crippen LogP contribution in [0.5, 0.6) is 11.8 Å². The number of aromatic nitrogens is 2. The maximum Gasteiger partial charge on any atom is 0.238 e. The molecule has 6 heteroatoms. The molecule has 1 aromatic heterocycles. The number of methoxy groups -OCH3 is 2. The standard InChI is InChI=1S/C11H17N3O3/c1-5-8(2)14(7-15)11-12-9(16-3)6-10(13-11)17-4/h6-8H,5H2,1-4H3. The van der Waals surface area contributed by atoms with Gasteiger partial charge in [-0.15, -0.1) is 0 Å². The molecule has 0 spiro atoms. The first-order valence-electron chi connectivity index (χ1n) is 5.36. The van der Waals surface area contributed by atoms with E-state index in [-0.39, 0.29) is 12.0 Å². The molecule has 0 N–H and O–H groups in total. The molecule has 1 aromatic rings. The van der Waals surface area contributed by atoms with Gasteiger partial charge in [-0.05, 0) is 13.3 Å². The van der Waals surface area contributed by atoms with Crippen LogP contribution in [-0.4, -0.2) is 36.6 Å². The molecule has 0 fully saturated rings. The minimum Gasteiger partial charge on any atom is -0.481 e. The maximum atomic E-state index is 11.1. The highest BCUT2D eigenvalue weighted by Crippen LogP contribution is 2.21. The number of hydrogen-bond donors (Lipinski definition) is 0. The summed E-state index contributed by atoms with van der Waals surface area (Å²) in [4.78, 5) is 20.8. The lowest BCUT2D eigenvalue weighted by Crippen LogP contribution is -2.32. The summed E-state index contributed by atoms with van der Waals surface area (Å²) in [6, 6.07) is 1.58. The Morgan fingerprint density at radius 3 is 2.24 bits per heavy atom. The van der Waals surface area contributed by atoms with Crippen LogP contribution in [0.15, 0.2) is 6.07 Å². The summed E-state index contributed by atoms with van der Waals surface area (Å²) in [5.74, 6) is 1.01. The van der Waals surface area contributed by atoms with E-state index >= 15 is 0 Å². The molecule has 0 aliphatic heterocycles. The molecule has 1 heterocycles. The van der Waals surface area contributed by atoms with Gasteiger partial charge in [0.25, 0.3) is 0 Å². The van der Waals surface area contributed by atoms with E-state index in [4.69, 9.17) is 9.47 Å². The van der Waals surface area contributed by atoms with Crippen molar-refractivity contribution < 1.29 is 14.3 Å². The number of nitrogens with zero attached hydrogens (tertiary/aromatic N) is 3. The molecular formula is C11H17N3O3. The fraction of sp³-hybridized carbons (Fsp3) is 0.545. The molecule has 0 aromatic carbocycles. The van der Waals surface area contributed by atoms with E-state index in [1.54, 1.807) is 6.07 Å². The second-order valence-corrected chi connectivity index (χ2v) is 3.52. The molecule has 0 aliphatic carbocycles. The first-order valence-corrected chi connectivity index (χ1v) is 5.36. The third-order valence-electron chi connectivity index (χ3n) is 2.50. The summed E-state index contributed by atoms with van der Waals surface area (Å²) in [5, 5.41) is 0. The van der Waals surface area contributed by atoms with Gasteiger partial charge in [-0.2, -0.15) is 9.97 Å². The summed E-state index contributed by atoms with van der Waals surface area (Å²) in [5.41, 5.74) is 0. The number of rotatable bonds is 6. The lowest BCUT2D eigenvalue weighted by Gasteiger charge is -2.22. The average molecular weight is 239 g/mol. The van der Waals surface area contributed by atoms with Gasteiger partial charge in [0.05, 0.1) is 20.3 Å². The Morgan fingerprint density at radius 2 is 1.88 bits per heavy atom. The van der Waals surface area contributed by atoms with Crippen LogP contribution < -0.4 is 14.4 Å². The fourth-order valence-corrected chi connectivity index (χ4v) is 1.26. The molecule has 94 valence electrons. The highest BCUT2D eigenvalue weighted by Gasteiger charge is 2.17. The van der Waals surface area contributed by atoms with E-state index in [2.05, 4.69) is 9.97 Å². The zero-order valence-corrected chi connectivity index (χ0v) is 10.5. The van der Waals surface area contributed by atoms with Gasteiger partial charge in [-0.3, -0.25) is 9.69 Å². The van der Waals surface area contributed by atoms with Gasteiger partial charge in [0.15, 0.2) is 0 Å². The molecule has 6 nitrogen and oxygen atoms in total. The lowest BCUT2D eigenvalue weighted by molar-refractivity contribution is -0.107. The fourth-order valence-electron chi connectivity index (χ4n) is 1.26. The van der Waals surface area contributed by atoms with Gasteiger partial charge in [0.2, 0.25) is 24.1 Å². The molecular weight excluding hydrogens is 222 g/mol. The quantitative estimate of drug-likeness (QED) is 0.699. The van der Waals surface area contributed by atoms with Crippen molar-refractivity contribution in [1.82, 2.24) is 9.97 Å². The SMILES string of the molecule is CCC(C)N(C=O)c1nc(OC)cc(OC)n1. The number of carbonyl (C=O) groups is 1. The van der Waals surface area contributed by atoms with Crippen LogP contribution >= 0.6 is 0 Å². The number of anilines is 1. The number of amides is 1. The van der Waals surface area contributed by atoms with Gasteiger partial charge in [-0.25, -0.2) is 0 Å². The number of hydrogen-bond acceptors (Lipinski definition) is 5. The molecule has 17 heavy (non-hydrogen) atoms. The van der Waals surface area contributed by atoms with E-state index in [0.717, 1.165) is 6.42 Å². The van der Waals surface area contributed by atoms with Crippen molar-refractivity contribution in [3.05, 3.63) is 6.07 Å². The van der Waals surface area contributed by atoms with Crippen LogP contribution in [-0.2, 0) is 4.79 Å². The Balaban J connectivity index is 3.13. The minimum atomic E-state index is 0.0179. The van der Waals surface area contributed by atoms with Crippen molar-refractivity contribution in [2.24, 2.45) is 0 Å². The third-order valence-corrected chi connectivity index (χ3v) is 2.50. The lowest BCUT2D eigenvalue weighted by atomic mass is 10.2. The van der Waals surface area contributed by atoms with E-state index in [9.17, 15) is 4.79 Å². The predicted molar refractivity (Wildman–Crippen MR) is 63.4 cm³/mol. The van der Waals surface area contributed by atoms with Crippen LogP contribution in [0.4, 0.5) is 5.95 Å². The summed E-state index contributed by atoms with van der Waals surface area (Å²) in [7, 11) is 3.00. The van der Waals surface area contributed by atoms with Crippen LogP contribution in [0.3, 0.4) is 0 Å². The summed E-state index contributed by atoms with van der Waals surface area (Å²) in [6.07, 6.45) is 1.52. The normalized spacial score (nSPS) is 11.8. The average Bonchev–Trinajstić information content (AvgIpc) is 2.38. The van der Waals surface area contributed by atoms with Crippen LogP contribution in [0, 0.1) is 0 Å². The topological polar surface area (TPSA) is 64.6 Å². The van der Waals surface area contributed by atoms with Crippen molar-refractivity contribution in [3.8, 4) is 11.8 Å². The number of carbonyl (C=O) groups excluding carboxylic acids is 1. The van der Waals surface area contributed by atoms with Crippen molar-refractivity contribution in [2.75, 3.05) is 19.1 Å². The van der Waals surface area contributed by atoms with Crippen molar-refractivity contribution in [3.63, 3.8) is 0 Å².